The predicted molar refractivity (Wildman–Crippen MR) is 107 cm³/mol. The molecular formula is C20H11Br2NO3. The Balaban J connectivity index is 1.64. The van der Waals surface area contributed by atoms with Gasteiger partial charge in [0, 0.05) is 26.1 Å². The lowest BCUT2D eigenvalue weighted by atomic mass is 10.2. The van der Waals surface area contributed by atoms with Crippen molar-refractivity contribution in [3.05, 3.63) is 86.6 Å². The maximum absolute atomic E-state index is 12.1. The molecule has 26 heavy (non-hydrogen) atoms. The Labute approximate surface area is 166 Å². The molecule has 6 heteroatoms. The van der Waals surface area contributed by atoms with Crippen molar-refractivity contribution in [3.8, 4) is 11.3 Å². The van der Waals surface area contributed by atoms with Gasteiger partial charge in [0.25, 0.3) is 0 Å². The Hall–Kier alpha value is -2.44. The molecule has 0 radical (unpaired) electrons. The second kappa shape index (κ2) is 7.05. The highest BCUT2D eigenvalue weighted by Gasteiger charge is 2.24. The molecule has 0 aliphatic carbocycles. The van der Waals surface area contributed by atoms with Gasteiger partial charge in [-0.05, 0) is 36.4 Å². The number of ether oxygens (including phenoxy) is 1. The van der Waals surface area contributed by atoms with Gasteiger partial charge in [-0.1, -0.05) is 56.1 Å². The van der Waals surface area contributed by atoms with E-state index in [1.165, 1.54) is 0 Å². The third-order valence-corrected chi connectivity index (χ3v) is 4.92. The van der Waals surface area contributed by atoms with E-state index < -0.39 is 5.97 Å². The van der Waals surface area contributed by atoms with E-state index in [1.807, 2.05) is 54.6 Å². The highest BCUT2D eigenvalue weighted by atomic mass is 79.9. The van der Waals surface area contributed by atoms with Crippen LogP contribution in [-0.4, -0.2) is 11.9 Å². The standard InChI is InChI=1S/C20H11Br2NO3/c21-13-5-3-4-12(10-13)19-23-17(20(24)26-19)11-14-8-9-18(25-14)15-6-1-2-7-16(15)22/h1-11H. The molecule has 1 aliphatic rings. The Bertz CT molecular complexity index is 1070. The molecule has 1 aliphatic heterocycles. The molecule has 0 saturated carbocycles. The second-order valence-electron chi connectivity index (χ2n) is 5.53. The number of hydrogen-bond donors (Lipinski definition) is 0. The molecule has 4 nitrogen and oxygen atoms in total. The smallest absolute Gasteiger partial charge is 0.363 e. The van der Waals surface area contributed by atoms with Crippen LogP contribution in [0.5, 0.6) is 0 Å². The molecule has 3 aromatic rings. The molecule has 0 saturated heterocycles. The van der Waals surface area contributed by atoms with Crippen LogP contribution in [0.25, 0.3) is 17.4 Å². The van der Waals surface area contributed by atoms with Gasteiger partial charge in [0.1, 0.15) is 11.5 Å². The maximum atomic E-state index is 12.1. The first kappa shape index (κ1) is 17.0. The summed E-state index contributed by atoms with van der Waals surface area (Å²) in [6.07, 6.45) is 1.58. The normalized spacial score (nSPS) is 15.2. The number of rotatable bonds is 3. The van der Waals surface area contributed by atoms with E-state index in [4.69, 9.17) is 9.15 Å². The summed E-state index contributed by atoms with van der Waals surface area (Å²) in [4.78, 5) is 16.4. The first-order chi connectivity index (χ1) is 12.6. The number of carbonyl (C=O) groups excluding carboxylic acids is 1. The van der Waals surface area contributed by atoms with E-state index in [1.54, 1.807) is 12.1 Å². The fourth-order valence-corrected chi connectivity index (χ4v) is 3.40. The van der Waals surface area contributed by atoms with E-state index in [0.29, 0.717) is 11.5 Å². The van der Waals surface area contributed by atoms with Gasteiger partial charge in [0.05, 0.1) is 0 Å². The SMILES string of the molecule is O=C1OC(c2cccc(Br)c2)=NC1=Cc1ccc(-c2ccccc2Br)o1. The van der Waals surface area contributed by atoms with E-state index in [0.717, 1.165) is 20.1 Å². The van der Waals surface area contributed by atoms with Gasteiger partial charge in [0.2, 0.25) is 5.90 Å². The molecule has 0 atom stereocenters. The fourth-order valence-electron chi connectivity index (χ4n) is 2.53. The summed E-state index contributed by atoms with van der Waals surface area (Å²) in [6.45, 7) is 0. The van der Waals surface area contributed by atoms with Gasteiger partial charge in [-0.25, -0.2) is 9.79 Å². The third-order valence-electron chi connectivity index (χ3n) is 3.74. The maximum Gasteiger partial charge on any atom is 0.363 e. The first-order valence-corrected chi connectivity index (χ1v) is 9.32. The summed E-state index contributed by atoms with van der Waals surface area (Å²) < 4.78 is 12.9. The van der Waals surface area contributed by atoms with Gasteiger partial charge >= 0.3 is 5.97 Å². The minimum atomic E-state index is -0.501. The number of aliphatic imine (C=N–C) groups is 1. The van der Waals surface area contributed by atoms with Crippen LogP contribution in [0.4, 0.5) is 0 Å². The molecule has 0 bridgehead atoms. The Morgan fingerprint density at radius 2 is 1.81 bits per heavy atom. The molecule has 1 aromatic heterocycles. The van der Waals surface area contributed by atoms with E-state index in [9.17, 15) is 4.79 Å². The minimum Gasteiger partial charge on any atom is -0.457 e. The molecule has 2 aromatic carbocycles. The topological polar surface area (TPSA) is 51.8 Å². The number of carbonyl (C=O) groups is 1. The van der Waals surface area contributed by atoms with Crippen molar-refractivity contribution >= 4 is 49.8 Å². The van der Waals surface area contributed by atoms with Gasteiger partial charge in [-0.3, -0.25) is 0 Å². The van der Waals surface area contributed by atoms with Crippen molar-refractivity contribution in [3.63, 3.8) is 0 Å². The lowest BCUT2D eigenvalue weighted by Crippen LogP contribution is -2.05. The Morgan fingerprint density at radius 1 is 0.962 bits per heavy atom. The van der Waals surface area contributed by atoms with E-state index in [2.05, 4.69) is 36.9 Å². The predicted octanol–water partition coefficient (Wildman–Crippen LogP) is 5.82. The van der Waals surface area contributed by atoms with Gasteiger partial charge in [-0.2, -0.15) is 0 Å². The highest BCUT2D eigenvalue weighted by molar-refractivity contribution is 9.10. The minimum absolute atomic E-state index is 0.202. The lowest BCUT2D eigenvalue weighted by molar-refractivity contribution is -0.129. The van der Waals surface area contributed by atoms with Gasteiger partial charge in [0.15, 0.2) is 5.70 Å². The number of hydrogen-bond acceptors (Lipinski definition) is 4. The molecule has 0 fully saturated rings. The number of furan rings is 1. The van der Waals surface area contributed by atoms with Crippen molar-refractivity contribution in [1.82, 2.24) is 0 Å². The highest BCUT2D eigenvalue weighted by Crippen LogP contribution is 2.30. The zero-order chi connectivity index (χ0) is 18.1. The van der Waals surface area contributed by atoms with Gasteiger partial charge < -0.3 is 9.15 Å². The first-order valence-electron chi connectivity index (χ1n) is 7.73. The zero-order valence-corrected chi connectivity index (χ0v) is 16.5. The van der Waals surface area contributed by atoms with Crippen molar-refractivity contribution in [2.75, 3.05) is 0 Å². The lowest BCUT2D eigenvalue weighted by Gasteiger charge is -1.99. The number of halogens is 2. The molecule has 0 N–H and O–H groups in total. The van der Waals surface area contributed by atoms with Crippen molar-refractivity contribution in [2.45, 2.75) is 0 Å². The molecule has 0 amide bonds. The molecule has 0 spiro atoms. The van der Waals surface area contributed by atoms with Crippen LogP contribution >= 0.6 is 31.9 Å². The van der Waals surface area contributed by atoms with E-state index in [-0.39, 0.29) is 11.6 Å². The Morgan fingerprint density at radius 3 is 2.62 bits per heavy atom. The summed E-state index contributed by atoms with van der Waals surface area (Å²) in [6, 6.07) is 18.8. The number of esters is 1. The summed E-state index contributed by atoms with van der Waals surface area (Å²) in [5.74, 6) is 1.01. The van der Waals surface area contributed by atoms with Crippen LogP contribution in [0.15, 0.2) is 84.7 Å². The zero-order valence-electron chi connectivity index (χ0n) is 13.3. The largest absolute Gasteiger partial charge is 0.457 e. The summed E-state index contributed by atoms with van der Waals surface area (Å²) in [5.41, 5.74) is 1.86. The van der Waals surface area contributed by atoms with Crippen molar-refractivity contribution in [1.29, 1.82) is 0 Å². The summed E-state index contributed by atoms with van der Waals surface area (Å²) in [5, 5.41) is 0. The quantitative estimate of drug-likeness (QED) is 0.356. The van der Waals surface area contributed by atoms with Crippen LogP contribution in [-0.2, 0) is 9.53 Å². The van der Waals surface area contributed by atoms with Crippen LogP contribution in [0.2, 0.25) is 0 Å². The molecule has 4 rings (SSSR count). The van der Waals surface area contributed by atoms with Crippen LogP contribution in [0.3, 0.4) is 0 Å². The molecule has 128 valence electrons. The average Bonchev–Trinajstić information content (AvgIpc) is 3.23. The summed E-state index contributed by atoms with van der Waals surface area (Å²) in [7, 11) is 0. The fraction of sp³-hybridized carbons (Fsp3) is 0. The number of benzene rings is 2. The van der Waals surface area contributed by atoms with Crippen LogP contribution < -0.4 is 0 Å². The monoisotopic (exact) mass is 471 g/mol. The molecule has 0 unspecified atom stereocenters. The van der Waals surface area contributed by atoms with Gasteiger partial charge in [-0.15, -0.1) is 0 Å². The number of nitrogens with zero attached hydrogens (tertiary/aromatic N) is 1. The molecule has 2 heterocycles. The van der Waals surface area contributed by atoms with Crippen LogP contribution in [0.1, 0.15) is 11.3 Å². The van der Waals surface area contributed by atoms with Crippen molar-refractivity contribution in [2.24, 2.45) is 4.99 Å². The Kier molecular flexibility index (Phi) is 4.61. The second-order valence-corrected chi connectivity index (χ2v) is 7.30. The molecular weight excluding hydrogens is 462 g/mol. The average molecular weight is 473 g/mol. The third kappa shape index (κ3) is 3.43. The summed E-state index contributed by atoms with van der Waals surface area (Å²) >= 11 is 6.90. The number of cyclic esters (lactones) is 1. The van der Waals surface area contributed by atoms with Crippen molar-refractivity contribution < 1.29 is 13.9 Å². The van der Waals surface area contributed by atoms with Crippen LogP contribution in [0, 0.1) is 0 Å². The van der Waals surface area contributed by atoms with E-state index >= 15 is 0 Å².